The van der Waals surface area contributed by atoms with Gasteiger partial charge in [0.25, 0.3) is 11.5 Å². The Morgan fingerprint density at radius 1 is 0.968 bits per heavy atom. The minimum atomic E-state index is -0.391. The number of ether oxygens (including phenoxy) is 1. The summed E-state index contributed by atoms with van der Waals surface area (Å²) in [6, 6.07) is 14.0. The highest BCUT2D eigenvalue weighted by Gasteiger charge is 2.14. The second-order valence-electron chi connectivity index (χ2n) is 6.96. The molecule has 0 unspecified atom stereocenters. The highest BCUT2D eigenvalue weighted by Crippen LogP contribution is 2.20. The van der Waals surface area contributed by atoms with Crippen molar-refractivity contribution in [1.82, 2.24) is 13.7 Å². The van der Waals surface area contributed by atoms with E-state index in [1.807, 2.05) is 0 Å². The second-order valence-corrected chi connectivity index (χ2v) is 6.96. The molecule has 158 valence electrons. The first kappa shape index (κ1) is 20.1. The molecule has 8 nitrogen and oxygen atoms in total. The predicted octanol–water partition coefficient (Wildman–Crippen LogP) is 2.18. The smallest absolute Gasteiger partial charge is 0.331 e. The highest BCUT2D eigenvalue weighted by molar-refractivity contribution is 5.91. The lowest BCUT2D eigenvalue weighted by Gasteiger charge is -2.10. The average molecular weight is 422 g/mol. The normalized spacial score (nSPS) is 10.9. The second kappa shape index (κ2) is 7.94. The number of hydrogen-bond donors (Lipinski definition) is 1. The first-order valence-corrected chi connectivity index (χ1v) is 9.41. The fourth-order valence-corrected chi connectivity index (χ4v) is 3.28. The van der Waals surface area contributed by atoms with E-state index < -0.39 is 5.69 Å². The van der Waals surface area contributed by atoms with Crippen LogP contribution in [0.5, 0.6) is 5.75 Å². The molecule has 0 saturated carbocycles. The van der Waals surface area contributed by atoms with Crippen LogP contribution in [0, 0.1) is 5.82 Å². The lowest BCUT2D eigenvalue weighted by molar-refractivity contribution is -0.118. The van der Waals surface area contributed by atoms with Gasteiger partial charge in [-0.15, -0.1) is 0 Å². The Kier molecular flexibility index (Phi) is 5.16. The van der Waals surface area contributed by atoms with Gasteiger partial charge in [-0.2, -0.15) is 0 Å². The lowest BCUT2D eigenvalue weighted by atomic mass is 10.3. The molecule has 1 N–H and O–H groups in total. The SMILES string of the molecule is Cn1c(=O)c2c(ccn2-c2ccc(OCC(=O)Nc3ccc(F)cc3)cc2)n(C)c1=O. The van der Waals surface area contributed by atoms with Crippen molar-refractivity contribution in [2.45, 2.75) is 0 Å². The number of carbonyl (C=O) groups is 1. The molecule has 2 aromatic heterocycles. The van der Waals surface area contributed by atoms with E-state index in [1.54, 1.807) is 48.1 Å². The summed E-state index contributed by atoms with van der Waals surface area (Å²) in [5, 5.41) is 2.61. The van der Waals surface area contributed by atoms with Gasteiger partial charge in [-0.05, 0) is 54.6 Å². The third-order valence-corrected chi connectivity index (χ3v) is 4.92. The monoisotopic (exact) mass is 422 g/mol. The molecule has 0 aliphatic rings. The minimum absolute atomic E-state index is 0.216. The van der Waals surface area contributed by atoms with Crippen LogP contribution in [0.3, 0.4) is 0 Å². The van der Waals surface area contributed by atoms with E-state index in [2.05, 4.69) is 5.32 Å². The highest BCUT2D eigenvalue weighted by atomic mass is 19.1. The van der Waals surface area contributed by atoms with E-state index >= 15 is 0 Å². The molecule has 0 aliphatic carbocycles. The molecular formula is C22H19FN4O4. The number of aryl methyl sites for hydroxylation is 1. The zero-order chi connectivity index (χ0) is 22.1. The van der Waals surface area contributed by atoms with E-state index in [0.29, 0.717) is 28.2 Å². The molecule has 4 aromatic rings. The van der Waals surface area contributed by atoms with Gasteiger partial charge in [-0.3, -0.25) is 18.7 Å². The summed E-state index contributed by atoms with van der Waals surface area (Å²) in [5.74, 6) is -0.295. The number of amides is 1. The summed E-state index contributed by atoms with van der Waals surface area (Å²) >= 11 is 0. The third-order valence-electron chi connectivity index (χ3n) is 4.92. The van der Waals surface area contributed by atoms with Crippen molar-refractivity contribution in [3.63, 3.8) is 0 Å². The van der Waals surface area contributed by atoms with Crippen molar-refractivity contribution >= 4 is 22.6 Å². The van der Waals surface area contributed by atoms with Gasteiger partial charge >= 0.3 is 5.69 Å². The van der Waals surface area contributed by atoms with Crippen LogP contribution < -0.4 is 21.3 Å². The van der Waals surface area contributed by atoms with Crippen LogP contribution in [0.2, 0.25) is 0 Å². The molecule has 0 aliphatic heterocycles. The predicted molar refractivity (Wildman–Crippen MR) is 114 cm³/mol. The number of halogens is 1. The van der Waals surface area contributed by atoms with Crippen LogP contribution in [0.4, 0.5) is 10.1 Å². The summed E-state index contributed by atoms with van der Waals surface area (Å²) in [4.78, 5) is 36.7. The Bertz CT molecular complexity index is 1380. The number of rotatable bonds is 5. The van der Waals surface area contributed by atoms with Crippen LogP contribution in [-0.4, -0.2) is 26.2 Å². The molecule has 31 heavy (non-hydrogen) atoms. The molecule has 2 aromatic carbocycles. The molecule has 0 atom stereocenters. The summed E-state index contributed by atoms with van der Waals surface area (Å²) in [5.41, 5.74) is 1.32. The van der Waals surface area contributed by atoms with E-state index in [4.69, 9.17) is 4.74 Å². The van der Waals surface area contributed by atoms with Gasteiger partial charge in [-0.1, -0.05) is 0 Å². The maximum Gasteiger partial charge on any atom is 0.331 e. The van der Waals surface area contributed by atoms with Crippen LogP contribution in [0.1, 0.15) is 0 Å². The molecular weight excluding hydrogens is 403 g/mol. The standard InChI is InChI=1S/C22H19FN4O4/c1-25-18-11-12-27(20(18)21(29)26(2)22(25)30)16-7-9-17(10-8-16)31-13-19(28)24-15-5-3-14(23)4-6-15/h3-12H,13H2,1-2H3,(H,24,28). The number of hydrogen-bond acceptors (Lipinski definition) is 4. The van der Waals surface area contributed by atoms with E-state index in [1.165, 1.54) is 35.9 Å². The van der Waals surface area contributed by atoms with Gasteiger partial charge in [0.15, 0.2) is 6.61 Å². The Balaban J connectivity index is 1.50. The van der Waals surface area contributed by atoms with E-state index in [9.17, 15) is 18.8 Å². The molecule has 4 rings (SSSR count). The van der Waals surface area contributed by atoms with Crippen molar-refractivity contribution < 1.29 is 13.9 Å². The summed E-state index contributed by atoms with van der Waals surface area (Å²) in [7, 11) is 3.05. The molecule has 0 radical (unpaired) electrons. The lowest BCUT2D eigenvalue weighted by Crippen LogP contribution is -2.37. The van der Waals surface area contributed by atoms with E-state index in [0.717, 1.165) is 4.57 Å². The quantitative estimate of drug-likeness (QED) is 0.534. The van der Waals surface area contributed by atoms with E-state index in [-0.39, 0.29) is 23.9 Å². The number of carbonyl (C=O) groups excluding carboxylic acids is 1. The first-order valence-electron chi connectivity index (χ1n) is 9.41. The fourth-order valence-electron chi connectivity index (χ4n) is 3.28. The van der Waals surface area contributed by atoms with Crippen LogP contribution >= 0.6 is 0 Å². The van der Waals surface area contributed by atoms with Gasteiger partial charge in [0, 0.05) is 31.7 Å². The number of nitrogens with one attached hydrogen (secondary N) is 1. The Hall–Kier alpha value is -4.14. The van der Waals surface area contributed by atoms with Crippen molar-refractivity contribution in [3.05, 3.63) is 87.4 Å². The molecule has 0 fully saturated rings. The van der Waals surface area contributed by atoms with Crippen molar-refractivity contribution in [2.24, 2.45) is 14.1 Å². The molecule has 0 bridgehead atoms. The zero-order valence-electron chi connectivity index (χ0n) is 16.8. The number of benzene rings is 2. The largest absolute Gasteiger partial charge is 0.484 e. The van der Waals surface area contributed by atoms with Crippen molar-refractivity contribution in [1.29, 1.82) is 0 Å². The topological polar surface area (TPSA) is 87.3 Å². The molecule has 1 amide bonds. The maximum absolute atomic E-state index is 12.9. The molecule has 0 saturated heterocycles. The van der Waals surface area contributed by atoms with Gasteiger partial charge in [-0.25, -0.2) is 9.18 Å². The Morgan fingerprint density at radius 3 is 2.32 bits per heavy atom. The van der Waals surface area contributed by atoms with Crippen LogP contribution in [0.15, 0.2) is 70.4 Å². The van der Waals surface area contributed by atoms with Crippen LogP contribution in [0.25, 0.3) is 16.7 Å². The fraction of sp³-hybridized carbons (Fsp3) is 0.136. The zero-order valence-corrected chi connectivity index (χ0v) is 16.8. The average Bonchev–Trinajstić information content (AvgIpc) is 3.22. The Morgan fingerprint density at radius 2 is 1.65 bits per heavy atom. The summed E-state index contributed by atoms with van der Waals surface area (Å²) in [6.07, 6.45) is 1.72. The van der Waals surface area contributed by atoms with Crippen molar-refractivity contribution in [2.75, 3.05) is 11.9 Å². The number of fused-ring (bicyclic) bond motifs is 1. The van der Waals surface area contributed by atoms with Gasteiger partial charge in [0.1, 0.15) is 17.1 Å². The van der Waals surface area contributed by atoms with Gasteiger partial charge in [0.05, 0.1) is 5.52 Å². The molecule has 2 heterocycles. The Labute approximate surface area is 175 Å². The molecule has 9 heteroatoms. The van der Waals surface area contributed by atoms with Gasteiger partial charge in [0.2, 0.25) is 0 Å². The third kappa shape index (κ3) is 3.85. The summed E-state index contributed by atoms with van der Waals surface area (Å²) < 4.78 is 22.6. The number of anilines is 1. The van der Waals surface area contributed by atoms with Gasteiger partial charge < -0.3 is 14.6 Å². The van der Waals surface area contributed by atoms with Crippen LogP contribution in [-0.2, 0) is 18.9 Å². The maximum atomic E-state index is 12.9. The molecule has 0 spiro atoms. The summed E-state index contributed by atoms with van der Waals surface area (Å²) in [6.45, 7) is -0.216. The minimum Gasteiger partial charge on any atom is -0.484 e. The number of nitrogens with zero attached hydrogens (tertiary/aromatic N) is 3. The first-order chi connectivity index (χ1) is 14.8. The number of aromatic nitrogens is 3. The van der Waals surface area contributed by atoms with Crippen molar-refractivity contribution in [3.8, 4) is 11.4 Å².